The van der Waals surface area contributed by atoms with Gasteiger partial charge in [0.25, 0.3) is 0 Å². The molecule has 2 saturated heterocycles. The molecule has 3 unspecified atom stereocenters. The first-order chi connectivity index (χ1) is 19.6. The Hall–Kier alpha value is -2.67. The molecule has 4 rings (SSSR count). The molecular formula is C34H50N2O4. The van der Waals surface area contributed by atoms with E-state index in [1.54, 1.807) is 4.90 Å². The number of benzene rings is 2. The molecule has 220 valence electrons. The molecule has 0 spiro atoms. The van der Waals surface area contributed by atoms with Gasteiger partial charge in [-0.1, -0.05) is 86.2 Å². The lowest BCUT2D eigenvalue weighted by Crippen LogP contribution is -2.40. The number of likely N-dealkylation sites (N-methyl/N-ethyl adjacent to an activating group) is 1. The van der Waals surface area contributed by atoms with Crippen molar-refractivity contribution in [2.24, 2.45) is 0 Å². The summed E-state index contributed by atoms with van der Waals surface area (Å²) >= 11 is 0. The molecule has 6 nitrogen and oxygen atoms in total. The van der Waals surface area contributed by atoms with Crippen LogP contribution in [0.1, 0.15) is 69.9 Å². The zero-order valence-electron chi connectivity index (χ0n) is 24.9. The topological polar surface area (TPSA) is 51.2 Å². The zero-order chi connectivity index (χ0) is 28.4. The van der Waals surface area contributed by atoms with Crippen LogP contribution in [0, 0.1) is 0 Å². The molecule has 0 aliphatic carbocycles. The van der Waals surface area contributed by atoms with Crippen molar-refractivity contribution in [1.82, 2.24) is 9.80 Å². The molecule has 1 amide bonds. The molecule has 2 aliphatic heterocycles. The number of unbranched alkanes of at least 4 members (excludes halogenated alkanes) is 2. The summed E-state index contributed by atoms with van der Waals surface area (Å²) in [6.45, 7) is 8.57. The van der Waals surface area contributed by atoms with Crippen molar-refractivity contribution in [3.8, 4) is 0 Å². The third kappa shape index (κ3) is 11.1. The minimum Gasteiger partial charge on any atom is -0.449 e. The van der Waals surface area contributed by atoms with Crippen LogP contribution in [-0.4, -0.2) is 67.4 Å². The first-order valence-electron chi connectivity index (χ1n) is 15.1. The Bertz CT molecular complexity index is 968. The quantitative estimate of drug-likeness (QED) is 0.183. The van der Waals surface area contributed by atoms with Gasteiger partial charge >= 0.3 is 6.09 Å². The molecule has 0 bridgehead atoms. The average Bonchev–Trinajstić information content (AvgIpc) is 3.29. The van der Waals surface area contributed by atoms with Crippen LogP contribution in [0.3, 0.4) is 0 Å². The molecule has 0 N–H and O–H groups in total. The Balaban J connectivity index is 0.000000336. The summed E-state index contributed by atoms with van der Waals surface area (Å²) in [6.07, 6.45) is 12.3. The fourth-order valence-corrected chi connectivity index (χ4v) is 5.29. The fraction of sp³-hybridized carbons (Fsp3) is 0.559. The largest absolute Gasteiger partial charge is 0.449 e. The number of nitrogens with zero attached hydrogens (tertiary/aromatic N) is 2. The smallest absolute Gasteiger partial charge is 0.409 e. The molecule has 2 heterocycles. The molecule has 2 aromatic rings. The van der Waals surface area contributed by atoms with Gasteiger partial charge in [-0.05, 0) is 63.6 Å². The number of rotatable bonds is 14. The lowest BCUT2D eigenvalue weighted by Gasteiger charge is -2.27. The van der Waals surface area contributed by atoms with Gasteiger partial charge in [-0.15, -0.1) is 0 Å². The Labute approximate surface area is 242 Å². The number of hydrogen-bond acceptors (Lipinski definition) is 5. The SMILES string of the molecule is C/C=C/CCCC1CC(OCc2ccccc2)C(COCc2ccccc2)N1C.CCCCN1CCCOC1=O. The van der Waals surface area contributed by atoms with Gasteiger partial charge in [0.15, 0.2) is 0 Å². The monoisotopic (exact) mass is 550 g/mol. The van der Waals surface area contributed by atoms with Crippen LogP contribution >= 0.6 is 0 Å². The number of carbonyl (C=O) groups excluding carboxylic acids is 1. The second-order valence-corrected chi connectivity index (χ2v) is 10.8. The van der Waals surface area contributed by atoms with Gasteiger partial charge in [0.2, 0.25) is 0 Å². The predicted molar refractivity (Wildman–Crippen MR) is 162 cm³/mol. The summed E-state index contributed by atoms with van der Waals surface area (Å²) < 4.78 is 17.4. The van der Waals surface area contributed by atoms with Crippen LogP contribution < -0.4 is 0 Å². The fourth-order valence-electron chi connectivity index (χ4n) is 5.29. The van der Waals surface area contributed by atoms with Crippen LogP contribution in [-0.2, 0) is 27.4 Å². The highest BCUT2D eigenvalue weighted by atomic mass is 16.6. The van der Waals surface area contributed by atoms with E-state index in [2.05, 4.69) is 86.5 Å². The van der Waals surface area contributed by atoms with E-state index in [1.165, 1.54) is 24.0 Å². The van der Waals surface area contributed by atoms with E-state index in [0.29, 0.717) is 38.5 Å². The maximum atomic E-state index is 11.0. The van der Waals surface area contributed by atoms with Crippen molar-refractivity contribution in [2.45, 2.75) is 90.2 Å². The van der Waals surface area contributed by atoms with Crippen molar-refractivity contribution in [2.75, 3.05) is 33.4 Å². The Morgan fingerprint density at radius 2 is 1.70 bits per heavy atom. The van der Waals surface area contributed by atoms with E-state index in [9.17, 15) is 4.79 Å². The standard InChI is InChI=1S/C26H35NO2.C8H15NO2/c1-3-4-5-12-17-24-18-26(29-20-23-15-10-7-11-16-23)25(27(24)2)21-28-19-22-13-8-6-9-14-22;1-2-3-5-9-6-4-7-11-8(9)10/h3-4,6-11,13-16,24-26H,5,12,17-21H2,1-2H3;2-7H2,1H3/b4-3+;. The van der Waals surface area contributed by atoms with Crippen LogP contribution in [0.5, 0.6) is 0 Å². The first-order valence-corrected chi connectivity index (χ1v) is 15.1. The highest BCUT2D eigenvalue weighted by molar-refractivity contribution is 5.68. The van der Waals surface area contributed by atoms with Gasteiger partial charge < -0.3 is 19.1 Å². The van der Waals surface area contributed by atoms with Crippen molar-refractivity contribution in [1.29, 1.82) is 0 Å². The van der Waals surface area contributed by atoms with Crippen LogP contribution in [0.25, 0.3) is 0 Å². The molecule has 2 aliphatic rings. The number of hydrogen-bond donors (Lipinski definition) is 0. The Morgan fingerprint density at radius 3 is 2.35 bits per heavy atom. The van der Waals surface area contributed by atoms with E-state index in [4.69, 9.17) is 14.2 Å². The van der Waals surface area contributed by atoms with Gasteiger partial charge in [0.1, 0.15) is 0 Å². The van der Waals surface area contributed by atoms with Crippen LogP contribution in [0.2, 0.25) is 0 Å². The van der Waals surface area contributed by atoms with E-state index in [-0.39, 0.29) is 12.2 Å². The maximum absolute atomic E-state index is 11.0. The number of carbonyl (C=O) groups is 1. The molecule has 0 saturated carbocycles. The molecule has 0 radical (unpaired) electrons. The lowest BCUT2D eigenvalue weighted by atomic mass is 10.1. The number of allylic oxidation sites excluding steroid dienone is 2. The van der Waals surface area contributed by atoms with Crippen LogP contribution in [0.4, 0.5) is 4.79 Å². The minimum atomic E-state index is -0.135. The summed E-state index contributed by atoms with van der Waals surface area (Å²) in [5.74, 6) is 0. The molecule has 0 aromatic heterocycles. The van der Waals surface area contributed by atoms with Crippen molar-refractivity contribution in [3.63, 3.8) is 0 Å². The van der Waals surface area contributed by atoms with Crippen molar-refractivity contribution >= 4 is 6.09 Å². The Kier molecular flexibility index (Phi) is 14.8. The maximum Gasteiger partial charge on any atom is 0.409 e. The summed E-state index contributed by atoms with van der Waals surface area (Å²) in [6, 6.07) is 21.7. The molecule has 2 fully saturated rings. The summed E-state index contributed by atoms with van der Waals surface area (Å²) in [4.78, 5) is 15.3. The summed E-state index contributed by atoms with van der Waals surface area (Å²) in [5, 5.41) is 0. The highest BCUT2D eigenvalue weighted by Crippen LogP contribution is 2.30. The minimum absolute atomic E-state index is 0.135. The number of ether oxygens (including phenoxy) is 3. The third-order valence-electron chi connectivity index (χ3n) is 7.72. The number of cyclic esters (lactones) is 1. The molecule has 6 heteroatoms. The van der Waals surface area contributed by atoms with Gasteiger partial charge in [0, 0.05) is 19.1 Å². The van der Waals surface area contributed by atoms with Crippen LogP contribution in [0.15, 0.2) is 72.8 Å². The molecular weight excluding hydrogens is 500 g/mol. The summed E-state index contributed by atoms with van der Waals surface area (Å²) in [5.41, 5.74) is 2.45. The van der Waals surface area contributed by atoms with Crippen molar-refractivity contribution < 1.29 is 19.0 Å². The van der Waals surface area contributed by atoms with Gasteiger partial charge in [-0.3, -0.25) is 4.90 Å². The Morgan fingerprint density at radius 1 is 1.00 bits per heavy atom. The normalized spacial score (nSPS) is 21.3. The summed E-state index contributed by atoms with van der Waals surface area (Å²) in [7, 11) is 2.24. The lowest BCUT2D eigenvalue weighted by molar-refractivity contribution is -0.0186. The van der Waals surface area contributed by atoms with E-state index >= 15 is 0 Å². The third-order valence-corrected chi connectivity index (χ3v) is 7.72. The molecule has 3 atom stereocenters. The highest BCUT2D eigenvalue weighted by Gasteiger charge is 2.39. The number of amides is 1. The van der Waals surface area contributed by atoms with E-state index < -0.39 is 0 Å². The predicted octanol–water partition coefficient (Wildman–Crippen LogP) is 7.24. The zero-order valence-corrected chi connectivity index (χ0v) is 24.9. The molecule has 2 aromatic carbocycles. The first kappa shape index (κ1) is 31.9. The second kappa shape index (κ2) is 18.6. The number of likely N-dealkylation sites (tertiary alicyclic amines) is 1. The van der Waals surface area contributed by atoms with Gasteiger partial charge in [0.05, 0.1) is 38.6 Å². The van der Waals surface area contributed by atoms with Crippen molar-refractivity contribution in [3.05, 3.63) is 83.9 Å². The second-order valence-electron chi connectivity index (χ2n) is 10.8. The average molecular weight is 551 g/mol. The molecule has 40 heavy (non-hydrogen) atoms. The van der Waals surface area contributed by atoms with Gasteiger partial charge in [-0.2, -0.15) is 0 Å². The van der Waals surface area contributed by atoms with Gasteiger partial charge in [-0.25, -0.2) is 4.79 Å². The van der Waals surface area contributed by atoms with E-state index in [1.807, 2.05) is 12.1 Å². The van der Waals surface area contributed by atoms with E-state index in [0.717, 1.165) is 45.2 Å².